The summed E-state index contributed by atoms with van der Waals surface area (Å²) in [5, 5.41) is 0. The average Bonchev–Trinajstić information content (AvgIpc) is 2.04. The van der Waals surface area contributed by atoms with Gasteiger partial charge in [-0.05, 0) is 13.3 Å². The van der Waals surface area contributed by atoms with Crippen LogP contribution in [0.5, 0.6) is 0 Å². The van der Waals surface area contributed by atoms with Gasteiger partial charge < -0.3 is 13.3 Å². The summed E-state index contributed by atoms with van der Waals surface area (Å²) in [4.78, 5) is 0. The van der Waals surface area contributed by atoms with E-state index in [2.05, 4.69) is 6.92 Å². The van der Waals surface area contributed by atoms with Crippen molar-refractivity contribution in [1.29, 1.82) is 0 Å². The van der Waals surface area contributed by atoms with E-state index < -0.39 is 8.80 Å². The maximum atomic E-state index is 5.42. The highest BCUT2D eigenvalue weighted by molar-refractivity contribution is 6.60. The van der Waals surface area contributed by atoms with Gasteiger partial charge in [0, 0.05) is 26.9 Å². The molecular weight excluding hydrogens is 160 g/mol. The molecule has 0 unspecified atom stereocenters. The highest BCUT2D eigenvalue weighted by Crippen LogP contribution is 2.14. The van der Waals surface area contributed by atoms with Gasteiger partial charge in [0.25, 0.3) is 0 Å². The van der Waals surface area contributed by atoms with Crippen LogP contribution in [0.25, 0.3) is 0 Å². The topological polar surface area (TPSA) is 27.7 Å². The van der Waals surface area contributed by atoms with Crippen molar-refractivity contribution in [1.82, 2.24) is 0 Å². The largest absolute Gasteiger partial charge is 0.500 e. The van der Waals surface area contributed by atoms with E-state index >= 15 is 0 Å². The van der Waals surface area contributed by atoms with Crippen LogP contribution in [0.2, 0.25) is 6.04 Å². The van der Waals surface area contributed by atoms with Crippen molar-refractivity contribution in [2.45, 2.75) is 19.4 Å². The summed E-state index contributed by atoms with van der Waals surface area (Å²) in [7, 11) is 0.946. The lowest BCUT2D eigenvalue weighted by Crippen LogP contribution is -2.43. The standard InChI is InChI=1S/C7H17O3Si/c1-5-7-11(8-3,9-4)10-6-2/h1,5-7H2,2-4H3. The van der Waals surface area contributed by atoms with E-state index in [-0.39, 0.29) is 0 Å². The molecule has 0 amide bonds. The predicted molar refractivity (Wildman–Crippen MR) is 46.2 cm³/mol. The van der Waals surface area contributed by atoms with Gasteiger partial charge >= 0.3 is 8.80 Å². The summed E-state index contributed by atoms with van der Waals surface area (Å²) >= 11 is 0. The molecule has 1 radical (unpaired) electrons. The molecule has 0 saturated carbocycles. The molecule has 67 valence electrons. The Kier molecular flexibility index (Phi) is 5.76. The lowest BCUT2D eigenvalue weighted by molar-refractivity contribution is 0.104. The van der Waals surface area contributed by atoms with Crippen molar-refractivity contribution in [3.8, 4) is 0 Å². The van der Waals surface area contributed by atoms with E-state index in [1.807, 2.05) is 6.92 Å². The first-order valence-electron chi connectivity index (χ1n) is 3.78. The van der Waals surface area contributed by atoms with Crippen LogP contribution in [-0.4, -0.2) is 29.6 Å². The fourth-order valence-corrected chi connectivity index (χ4v) is 2.74. The van der Waals surface area contributed by atoms with Crippen molar-refractivity contribution in [3.05, 3.63) is 6.92 Å². The van der Waals surface area contributed by atoms with Crippen molar-refractivity contribution >= 4 is 8.80 Å². The first-order valence-corrected chi connectivity index (χ1v) is 5.71. The molecular formula is C7H17O3Si. The smallest absolute Gasteiger partial charge is 0.377 e. The summed E-state index contributed by atoms with van der Waals surface area (Å²) in [5.74, 6) is 0. The second kappa shape index (κ2) is 5.71. The Bertz CT molecular complexity index is 85.7. The SMILES string of the molecule is [CH2]CC[Si](OC)(OC)OCC. The molecule has 0 aromatic heterocycles. The number of rotatable bonds is 6. The molecule has 0 spiro atoms. The Labute approximate surface area is 70.0 Å². The van der Waals surface area contributed by atoms with Crippen molar-refractivity contribution in [2.24, 2.45) is 0 Å². The third-order valence-corrected chi connectivity index (χ3v) is 4.41. The molecule has 0 aromatic carbocycles. The maximum Gasteiger partial charge on any atom is 0.500 e. The van der Waals surface area contributed by atoms with E-state index in [4.69, 9.17) is 13.3 Å². The lowest BCUT2D eigenvalue weighted by atomic mass is 10.6. The molecule has 0 aromatic rings. The van der Waals surface area contributed by atoms with Gasteiger partial charge in [0.05, 0.1) is 0 Å². The van der Waals surface area contributed by atoms with E-state index in [9.17, 15) is 0 Å². The molecule has 0 heterocycles. The predicted octanol–water partition coefficient (Wildman–Crippen LogP) is 1.48. The van der Waals surface area contributed by atoms with Crippen molar-refractivity contribution in [2.75, 3.05) is 20.8 Å². The maximum absolute atomic E-state index is 5.42. The molecule has 0 aliphatic rings. The minimum Gasteiger partial charge on any atom is -0.377 e. The summed E-state index contributed by atoms with van der Waals surface area (Å²) in [6.45, 7) is 6.31. The fourth-order valence-electron chi connectivity index (χ4n) is 0.914. The average molecular weight is 177 g/mol. The van der Waals surface area contributed by atoms with E-state index in [0.29, 0.717) is 6.61 Å². The van der Waals surface area contributed by atoms with Crippen LogP contribution in [0.3, 0.4) is 0 Å². The Hall–Kier alpha value is 0.0969. The zero-order chi connectivity index (χ0) is 8.74. The summed E-state index contributed by atoms with van der Waals surface area (Å²) in [6.07, 6.45) is 0.786. The molecule has 0 atom stereocenters. The summed E-state index contributed by atoms with van der Waals surface area (Å²) in [6, 6.07) is 0.786. The van der Waals surface area contributed by atoms with Gasteiger partial charge in [-0.3, -0.25) is 0 Å². The third-order valence-electron chi connectivity index (χ3n) is 1.47. The van der Waals surface area contributed by atoms with Crippen LogP contribution in [0.1, 0.15) is 13.3 Å². The quantitative estimate of drug-likeness (QED) is 0.575. The molecule has 3 nitrogen and oxygen atoms in total. The molecule has 11 heavy (non-hydrogen) atoms. The van der Waals surface area contributed by atoms with Crippen LogP contribution in [0.4, 0.5) is 0 Å². The van der Waals surface area contributed by atoms with Crippen molar-refractivity contribution < 1.29 is 13.3 Å². The molecule has 0 fully saturated rings. The molecule has 0 aliphatic carbocycles. The van der Waals surface area contributed by atoms with Crippen molar-refractivity contribution in [3.63, 3.8) is 0 Å². The van der Waals surface area contributed by atoms with Gasteiger partial charge in [-0.25, -0.2) is 0 Å². The number of hydrogen-bond acceptors (Lipinski definition) is 3. The Morgan fingerprint density at radius 2 is 1.82 bits per heavy atom. The molecule has 0 saturated heterocycles. The van der Waals surface area contributed by atoms with Gasteiger partial charge in [-0.1, -0.05) is 6.92 Å². The van der Waals surface area contributed by atoms with E-state index in [0.717, 1.165) is 12.5 Å². The van der Waals surface area contributed by atoms with Gasteiger partial charge in [0.15, 0.2) is 0 Å². The van der Waals surface area contributed by atoms with Crippen LogP contribution in [-0.2, 0) is 13.3 Å². The zero-order valence-corrected chi connectivity index (χ0v) is 8.55. The minimum absolute atomic E-state index is 0.633. The summed E-state index contributed by atoms with van der Waals surface area (Å²) < 4.78 is 15.9. The molecule has 0 bridgehead atoms. The van der Waals surface area contributed by atoms with Gasteiger partial charge in [0.1, 0.15) is 0 Å². The Morgan fingerprint density at radius 1 is 1.27 bits per heavy atom. The highest BCUT2D eigenvalue weighted by Gasteiger charge is 2.37. The highest BCUT2D eigenvalue weighted by atomic mass is 28.4. The normalized spacial score (nSPS) is 12.0. The molecule has 0 aliphatic heterocycles. The second-order valence-electron chi connectivity index (χ2n) is 2.13. The fraction of sp³-hybridized carbons (Fsp3) is 0.857. The molecule has 0 N–H and O–H groups in total. The van der Waals surface area contributed by atoms with E-state index in [1.54, 1.807) is 14.2 Å². The molecule has 4 heteroatoms. The monoisotopic (exact) mass is 177 g/mol. The first-order chi connectivity index (χ1) is 5.24. The van der Waals surface area contributed by atoms with Crippen LogP contribution in [0.15, 0.2) is 0 Å². The zero-order valence-electron chi connectivity index (χ0n) is 7.55. The first kappa shape index (κ1) is 11.1. The van der Waals surface area contributed by atoms with Crippen LogP contribution >= 0.6 is 0 Å². The third kappa shape index (κ3) is 3.33. The Balaban J connectivity index is 3.96. The van der Waals surface area contributed by atoms with Gasteiger partial charge in [0.2, 0.25) is 0 Å². The van der Waals surface area contributed by atoms with Gasteiger partial charge in [-0.15, -0.1) is 0 Å². The summed E-state index contributed by atoms with van der Waals surface area (Å²) in [5.41, 5.74) is 0. The minimum atomic E-state index is -2.31. The number of hydrogen-bond donors (Lipinski definition) is 0. The molecule has 0 rings (SSSR count). The van der Waals surface area contributed by atoms with Crippen LogP contribution in [0, 0.1) is 6.92 Å². The van der Waals surface area contributed by atoms with Gasteiger partial charge in [-0.2, -0.15) is 0 Å². The van der Waals surface area contributed by atoms with E-state index in [1.165, 1.54) is 0 Å². The van der Waals surface area contributed by atoms with Crippen LogP contribution < -0.4 is 0 Å². The Morgan fingerprint density at radius 3 is 2.09 bits per heavy atom. The second-order valence-corrected chi connectivity index (χ2v) is 5.10. The lowest BCUT2D eigenvalue weighted by Gasteiger charge is -2.24.